The summed E-state index contributed by atoms with van der Waals surface area (Å²) >= 11 is 0. The fraction of sp³-hybridized carbons (Fsp3) is 0.500. The van der Waals surface area contributed by atoms with Crippen LogP contribution in [-0.4, -0.2) is 45.3 Å². The fourth-order valence-corrected chi connectivity index (χ4v) is 3.82. The molecule has 2 aromatic rings. The second kappa shape index (κ2) is 6.38. The minimum atomic E-state index is -0.0482. The van der Waals surface area contributed by atoms with Crippen LogP contribution in [0.2, 0.25) is 0 Å². The van der Waals surface area contributed by atoms with E-state index in [1.807, 2.05) is 17.0 Å². The quantitative estimate of drug-likeness (QED) is 0.905. The highest BCUT2D eigenvalue weighted by Crippen LogP contribution is 2.26. The minimum Gasteiger partial charge on any atom is -0.372 e. The van der Waals surface area contributed by atoms with Crippen molar-refractivity contribution < 1.29 is 4.79 Å². The number of amides is 2. The van der Waals surface area contributed by atoms with Gasteiger partial charge in [-0.15, -0.1) is 10.2 Å². The molecule has 7 nitrogen and oxygen atoms in total. The van der Waals surface area contributed by atoms with Crippen molar-refractivity contribution in [3.8, 4) is 0 Å². The van der Waals surface area contributed by atoms with Crippen molar-refractivity contribution in [3.63, 3.8) is 0 Å². The number of fused-ring (bicyclic) bond motifs is 2. The van der Waals surface area contributed by atoms with Gasteiger partial charge in [-0.1, -0.05) is 18.2 Å². The first-order valence-corrected chi connectivity index (χ1v) is 8.88. The summed E-state index contributed by atoms with van der Waals surface area (Å²) in [5, 5.41) is 11.4. The smallest absolute Gasteiger partial charge is 0.318 e. The maximum Gasteiger partial charge on any atom is 0.318 e. The lowest BCUT2D eigenvalue weighted by Crippen LogP contribution is -2.46. The third-order valence-corrected chi connectivity index (χ3v) is 5.16. The normalized spacial score (nSPS) is 19.4. The van der Waals surface area contributed by atoms with Gasteiger partial charge in [-0.25, -0.2) is 4.79 Å². The minimum absolute atomic E-state index is 0.0482. The molecule has 0 spiro atoms. The first-order chi connectivity index (χ1) is 12.1. The number of nitrogens with one attached hydrogen (secondary N) is 1. The zero-order valence-corrected chi connectivity index (χ0v) is 14.8. The lowest BCUT2D eigenvalue weighted by molar-refractivity contribution is 0.177. The number of aryl methyl sites for hydroxylation is 1. The third-order valence-electron chi connectivity index (χ3n) is 5.16. The molecule has 0 saturated heterocycles. The van der Waals surface area contributed by atoms with E-state index in [4.69, 9.17) is 0 Å². The Balaban J connectivity index is 1.47. The van der Waals surface area contributed by atoms with Crippen LogP contribution in [0.25, 0.3) is 0 Å². The van der Waals surface area contributed by atoms with Crippen LogP contribution in [-0.2, 0) is 26.1 Å². The highest BCUT2D eigenvalue weighted by molar-refractivity contribution is 5.75. The number of likely N-dealkylation sites (N-methyl/N-ethyl adjacent to an activating group) is 1. The number of rotatable bonds is 2. The molecule has 25 heavy (non-hydrogen) atoms. The van der Waals surface area contributed by atoms with Crippen LogP contribution < -0.4 is 10.2 Å². The Bertz CT molecular complexity index is 786. The Labute approximate surface area is 147 Å². The van der Waals surface area contributed by atoms with Gasteiger partial charge >= 0.3 is 6.03 Å². The van der Waals surface area contributed by atoms with Gasteiger partial charge in [0, 0.05) is 44.8 Å². The number of urea groups is 1. The predicted molar refractivity (Wildman–Crippen MR) is 95.3 cm³/mol. The number of hydrogen-bond donors (Lipinski definition) is 1. The average Bonchev–Trinajstić information content (AvgIpc) is 3.18. The van der Waals surface area contributed by atoms with Crippen LogP contribution in [0.4, 0.5) is 10.5 Å². The molecule has 1 aromatic heterocycles. The Kier molecular flexibility index (Phi) is 4.07. The monoisotopic (exact) mass is 340 g/mol. The molecule has 2 aliphatic heterocycles. The third kappa shape index (κ3) is 2.94. The molecule has 3 heterocycles. The van der Waals surface area contributed by atoms with E-state index in [0.29, 0.717) is 13.1 Å². The first-order valence-electron chi connectivity index (χ1n) is 8.88. The molecular formula is C18H24N6O. The largest absolute Gasteiger partial charge is 0.372 e. The number of hydrogen-bond acceptors (Lipinski definition) is 4. The van der Waals surface area contributed by atoms with Gasteiger partial charge in [0.15, 0.2) is 5.82 Å². The molecule has 4 rings (SSSR count). The summed E-state index contributed by atoms with van der Waals surface area (Å²) in [6, 6.07) is 8.35. The molecule has 2 amide bonds. The molecule has 0 saturated carbocycles. The van der Waals surface area contributed by atoms with E-state index < -0.39 is 0 Å². The lowest BCUT2D eigenvalue weighted by Gasteiger charge is -2.28. The highest BCUT2D eigenvalue weighted by atomic mass is 16.2. The van der Waals surface area contributed by atoms with E-state index >= 15 is 0 Å². The molecule has 1 aromatic carbocycles. The summed E-state index contributed by atoms with van der Waals surface area (Å²) < 4.78 is 2.12. The van der Waals surface area contributed by atoms with E-state index in [-0.39, 0.29) is 12.1 Å². The maximum absolute atomic E-state index is 12.8. The van der Waals surface area contributed by atoms with Crippen molar-refractivity contribution in [1.29, 1.82) is 0 Å². The summed E-state index contributed by atoms with van der Waals surface area (Å²) in [5.41, 5.74) is 2.37. The Morgan fingerprint density at radius 3 is 3.04 bits per heavy atom. The van der Waals surface area contributed by atoms with Gasteiger partial charge < -0.3 is 19.7 Å². The average molecular weight is 340 g/mol. The molecule has 0 fully saturated rings. The topological polar surface area (TPSA) is 66.3 Å². The Hall–Kier alpha value is -2.57. The molecule has 132 valence electrons. The molecule has 7 heteroatoms. The van der Waals surface area contributed by atoms with Crippen molar-refractivity contribution in [3.05, 3.63) is 41.5 Å². The number of aromatic nitrogens is 3. The van der Waals surface area contributed by atoms with Crippen LogP contribution in [0.3, 0.4) is 0 Å². The number of nitrogens with zero attached hydrogens (tertiary/aromatic N) is 5. The van der Waals surface area contributed by atoms with E-state index in [0.717, 1.165) is 37.6 Å². The van der Waals surface area contributed by atoms with Gasteiger partial charge in [-0.2, -0.15) is 0 Å². The molecule has 1 atom stereocenters. The van der Waals surface area contributed by atoms with E-state index in [1.54, 1.807) is 0 Å². The highest BCUT2D eigenvalue weighted by Gasteiger charge is 2.27. The van der Waals surface area contributed by atoms with Crippen LogP contribution in [0, 0.1) is 0 Å². The second-order valence-electron chi connectivity index (χ2n) is 6.93. The summed E-state index contributed by atoms with van der Waals surface area (Å²) in [6.07, 6.45) is 2.09. The molecular weight excluding hydrogens is 316 g/mol. The summed E-state index contributed by atoms with van der Waals surface area (Å²) in [4.78, 5) is 16.9. The van der Waals surface area contributed by atoms with Gasteiger partial charge in [0.25, 0.3) is 0 Å². The molecule has 2 aliphatic rings. The first kappa shape index (κ1) is 15.9. The van der Waals surface area contributed by atoms with Crippen molar-refractivity contribution in [2.24, 2.45) is 0 Å². The number of anilines is 1. The summed E-state index contributed by atoms with van der Waals surface area (Å²) in [5.74, 6) is 1.88. The van der Waals surface area contributed by atoms with Crippen molar-refractivity contribution in [2.75, 3.05) is 18.5 Å². The van der Waals surface area contributed by atoms with Crippen LogP contribution in [0.5, 0.6) is 0 Å². The molecule has 0 unspecified atom stereocenters. The van der Waals surface area contributed by atoms with Crippen molar-refractivity contribution >= 4 is 11.7 Å². The number of benzene rings is 1. The van der Waals surface area contributed by atoms with Gasteiger partial charge in [-0.3, -0.25) is 0 Å². The van der Waals surface area contributed by atoms with Gasteiger partial charge in [-0.05, 0) is 25.0 Å². The van der Waals surface area contributed by atoms with Gasteiger partial charge in [0.05, 0.1) is 6.54 Å². The zero-order valence-electron chi connectivity index (χ0n) is 14.8. The molecule has 0 bridgehead atoms. The SMILES string of the molecule is C[C@H]1CN(C)c2ccccc2CN1C(=O)NCc1nnc2n1CCC2. The van der Waals surface area contributed by atoms with E-state index in [9.17, 15) is 4.79 Å². The molecule has 0 aliphatic carbocycles. The number of carbonyl (C=O) groups excluding carboxylic acids is 1. The number of para-hydroxylation sites is 1. The van der Waals surface area contributed by atoms with Crippen LogP contribution in [0.15, 0.2) is 24.3 Å². The van der Waals surface area contributed by atoms with Crippen molar-refractivity contribution in [2.45, 2.75) is 45.4 Å². The standard InChI is InChI=1S/C18H24N6O/c1-13-11-22(2)15-7-4-3-6-14(15)12-24(13)18(25)19-10-17-21-20-16-8-5-9-23(16)17/h3-4,6-7,13H,5,8-12H2,1-2H3,(H,19,25)/t13-/m0/s1. The zero-order chi connectivity index (χ0) is 17.4. The van der Waals surface area contributed by atoms with Gasteiger partial charge in [0.2, 0.25) is 0 Å². The second-order valence-corrected chi connectivity index (χ2v) is 6.93. The maximum atomic E-state index is 12.8. The predicted octanol–water partition coefficient (Wildman–Crippen LogP) is 1.77. The van der Waals surface area contributed by atoms with E-state index in [1.165, 1.54) is 11.3 Å². The van der Waals surface area contributed by atoms with Crippen LogP contribution in [0.1, 0.15) is 30.6 Å². The van der Waals surface area contributed by atoms with Gasteiger partial charge in [0.1, 0.15) is 5.82 Å². The van der Waals surface area contributed by atoms with Crippen LogP contribution >= 0.6 is 0 Å². The Morgan fingerprint density at radius 1 is 1.32 bits per heavy atom. The molecule has 0 radical (unpaired) electrons. The summed E-state index contributed by atoms with van der Waals surface area (Å²) in [7, 11) is 2.08. The summed E-state index contributed by atoms with van der Waals surface area (Å²) in [6.45, 7) is 4.89. The Morgan fingerprint density at radius 2 is 2.16 bits per heavy atom. The van der Waals surface area contributed by atoms with Crippen molar-refractivity contribution in [1.82, 2.24) is 25.0 Å². The van der Waals surface area contributed by atoms with E-state index in [2.05, 4.69) is 51.1 Å². The number of carbonyl (C=O) groups is 1. The molecule has 1 N–H and O–H groups in total. The lowest BCUT2D eigenvalue weighted by atomic mass is 10.1. The fourth-order valence-electron chi connectivity index (χ4n) is 3.82.